The number of alkyl halides is 3. The molecule has 0 fully saturated rings. The third-order valence-corrected chi connectivity index (χ3v) is 2.16. The van der Waals surface area contributed by atoms with Gasteiger partial charge in [-0.2, -0.15) is 0 Å². The molecule has 1 rings (SSSR count). The Kier molecular flexibility index (Phi) is 4.57. The number of allylic oxidation sites excluding steroid dienone is 1. The predicted molar refractivity (Wildman–Crippen MR) is 60.4 cm³/mol. The number of nitrogens with two attached hydrogens (primary N) is 1. The zero-order valence-electron chi connectivity index (χ0n) is 9.42. The number of rotatable bonds is 4. The fraction of sp³-hybridized carbons (Fsp3) is 0.333. The van der Waals surface area contributed by atoms with Crippen LogP contribution in [0.3, 0.4) is 0 Å². The van der Waals surface area contributed by atoms with E-state index in [1.54, 1.807) is 12.1 Å². The Morgan fingerprint density at radius 1 is 1.29 bits per heavy atom. The van der Waals surface area contributed by atoms with Gasteiger partial charge in [0.25, 0.3) is 0 Å². The van der Waals surface area contributed by atoms with Crippen molar-refractivity contribution in [1.29, 1.82) is 0 Å². The SMILES string of the molecule is CC(=CCCN)c1ccc(OC(F)(F)F)cc1. The summed E-state index contributed by atoms with van der Waals surface area (Å²) in [5.41, 5.74) is 7.19. The van der Waals surface area contributed by atoms with Crippen LogP contribution in [0.4, 0.5) is 13.2 Å². The van der Waals surface area contributed by atoms with Gasteiger partial charge in [-0.15, -0.1) is 13.2 Å². The van der Waals surface area contributed by atoms with Crippen molar-refractivity contribution in [3.8, 4) is 5.75 Å². The van der Waals surface area contributed by atoms with Crippen molar-refractivity contribution in [2.75, 3.05) is 6.54 Å². The van der Waals surface area contributed by atoms with E-state index in [9.17, 15) is 13.2 Å². The molecule has 2 nitrogen and oxygen atoms in total. The van der Waals surface area contributed by atoms with E-state index in [0.29, 0.717) is 6.54 Å². The molecule has 17 heavy (non-hydrogen) atoms. The normalized spacial score (nSPS) is 12.6. The van der Waals surface area contributed by atoms with Gasteiger partial charge in [0.15, 0.2) is 0 Å². The summed E-state index contributed by atoms with van der Waals surface area (Å²) in [6, 6.07) is 5.76. The van der Waals surface area contributed by atoms with E-state index in [0.717, 1.165) is 17.6 Å². The van der Waals surface area contributed by atoms with Gasteiger partial charge >= 0.3 is 6.36 Å². The van der Waals surface area contributed by atoms with Gasteiger partial charge in [-0.1, -0.05) is 18.2 Å². The molecule has 0 aliphatic rings. The Bertz CT molecular complexity index is 382. The molecule has 0 aliphatic carbocycles. The van der Waals surface area contributed by atoms with Crippen molar-refractivity contribution < 1.29 is 17.9 Å². The molecule has 0 amide bonds. The van der Waals surface area contributed by atoms with Crippen LogP contribution in [-0.2, 0) is 0 Å². The van der Waals surface area contributed by atoms with E-state index in [1.807, 2.05) is 13.0 Å². The summed E-state index contributed by atoms with van der Waals surface area (Å²) in [5, 5.41) is 0. The molecule has 0 heterocycles. The van der Waals surface area contributed by atoms with E-state index in [-0.39, 0.29) is 5.75 Å². The van der Waals surface area contributed by atoms with Crippen LogP contribution in [0, 0.1) is 0 Å². The highest BCUT2D eigenvalue weighted by Gasteiger charge is 2.30. The predicted octanol–water partition coefficient (Wildman–Crippen LogP) is 3.34. The van der Waals surface area contributed by atoms with Gasteiger partial charge in [0, 0.05) is 0 Å². The molecule has 2 N–H and O–H groups in total. The number of hydrogen-bond donors (Lipinski definition) is 1. The first kappa shape index (κ1) is 13.6. The molecule has 0 saturated heterocycles. The van der Waals surface area contributed by atoms with E-state index in [4.69, 9.17) is 5.73 Å². The fourth-order valence-corrected chi connectivity index (χ4v) is 1.34. The van der Waals surface area contributed by atoms with Gasteiger partial charge in [-0.25, -0.2) is 0 Å². The number of ether oxygens (including phenoxy) is 1. The highest BCUT2D eigenvalue weighted by molar-refractivity contribution is 5.64. The average Bonchev–Trinajstić information content (AvgIpc) is 2.24. The third kappa shape index (κ3) is 4.91. The highest BCUT2D eigenvalue weighted by atomic mass is 19.4. The maximum Gasteiger partial charge on any atom is 0.573 e. The highest BCUT2D eigenvalue weighted by Crippen LogP contribution is 2.24. The van der Waals surface area contributed by atoms with Gasteiger partial charge < -0.3 is 10.5 Å². The van der Waals surface area contributed by atoms with E-state index < -0.39 is 6.36 Å². The standard InChI is InChI=1S/C12H14F3NO/c1-9(3-2-8-16)10-4-6-11(7-5-10)17-12(13,14)15/h3-7H,2,8,16H2,1H3. The Balaban J connectivity index is 2.74. The van der Waals surface area contributed by atoms with Gasteiger partial charge in [-0.3, -0.25) is 0 Å². The molecule has 94 valence electrons. The maximum atomic E-state index is 11.9. The Hall–Kier alpha value is -1.49. The Labute approximate surface area is 97.9 Å². The summed E-state index contributed by atoms with van der Waals surface area (Å²) in [4.78, 5) is 0. The van der Waals surface area contributed by atoms with Crippen LogP contribution in [0.1, 0.15) is 18.9 Å². The molecule has 0 aliphatic heterocycles. The first-order valence-electron chi connectivity index (χ1n) is 5.15. The first-order valence-corrected chi connectivity index (χ1v) is 5.15. The molecular formula is C12H14F3NO. The lowest BCUT2D eigenvalue weighted by atomic mass is 10.1. The van der Waals surface area contributed by atoms with E-state index in [2.05, 4.69) is 4.74 Å². The Morgan fingerprint density at radius 2 is 1.88 bits per heavy atom. The largest absolute Gasteiger partial charge is 0.573 e. The van der Waals surface area contributed by atoms with Crippen molar-refractivity contribution in [2.45, 2.75) is 19.7 Å². The topological polar surface area (TPSA) is 35.2 Å². The average molecular weight is 245 g/mol. The van der Waals surface area contributed by atoms with Crippen molar-refractivity contribution in [3.05, 3.63) is 35.9 Å². The lowest BCUT2D eigenvalue weighted by Gasteiger charge is -2.09. The first-order chi connectivity index (χ1) is 7.92. The molecule has 0 unspecified atom stereocenters. The number of hydrogen-bond acceptors (Lipinski definition) is 2. The minimum Gasteiger partial charge on any atom is -0.406 e. The second kappa shape index (κ2) is 5.72. The second-order valence-electron chi connectivity index (χ2n) is 3.54. The monoisotopic (exact) mass is 245 g/mol. The molecule has 0 saturated carbocycles. The van der Waals surface area contributed by atoms with Crippen LogP contribution >= 0.6 is 0 Å². The summed E-state index contributed by atoms with van der Waals surface area (Å²) in [6.45, 7) is 2.43. The molecule has 0 spiro atoms. The molecule has 0 aromatic heterocycles. The van der Waals surface area contributed by atoms with Crippen LogP contribution in [0.25, 0.3) is 5.57 Å². The lowest BCUT2D eigenvalue weighted by molar-refractivity contribution is -0.274. The summed E-state index contributed by atoms with van der Waals surface area (Å²) in [6.07, 6.45) is -1.96. The van der Waals surface area contributed by atoms with Crippen molar-refractivity contribution in [2.24, 2.45) is 5.73 Å². The lowest BCUT2D eigenvalue weighted by Crippen LogP contribution is -2.16. The molecule has 1 aromatic carbocycles. The van der Waals surface area contributed by atoms with Gasteiger partial charge in [-0.05, 0) is 43.2 Å². The van der Waals surface area contributed by atoms with Crippen LogP contribution < -0.4 is 10.5 Å². The smallest absolute Gasteiger partial charge is 0.406 e. The third-order valence-electron chi connectivity index (χ3n) is 2.16. The summed E-state index contributed by atoms with van der Waals surface area (Å²) < 4.78 is 39.5. The number of halogens is 3. The van der Waals surface area contributed by atoms with Crippen LogP contribution in [0.2, 0.25) is 0 Å². The minimum atomic E-state index is -4.65. The zero-order valence-corrected chi connectivity index (χ0v) is 9.42. The van der Waals surface area contributed by atoms with Crippen LogP contribution in [0.5, 0.6) is 5.75 Å². The van der Waals surface area contributed by atoms with Crippen LogP contribution in [0.15, 0.2) is 30.3 Å². The van der Waals surface area contributed by atoms with Crippen molar-refractivity contribution >= 4 is 5.57 Å². The molecule has 1 aromatic rings. The van der Waals surface area contributed by atoms with Gasteiger partial charge in [0.2, 0.25) is 0 Å². The molecular weight excluding hydrogens is 231 g/mol. The van der Waals surface area contributed by atoms with Gasteiger partial charge in [0.05, 0.1) is 0 Å². The fourth-order valence-electron chi connectivity index (χ4n) is 1.34. The maximum absolute atomic E-state index is 11.9. The quantitative estimate of drug-likeness (QED) is 0.883. The molecule has 0 atom stereocenters. The van der Waals surface area contributed by atoms with Gasteiger partial charge in [0.1, 0.15) is 5.75 Å². The van der Waals surface area contributed by atoms with Crippen molar-refractivity contribution in [3.63, 3.8) is 0 Å². The zero-order chi connectivity index (χ0) is 12.9. The molecule has 0 bridgehead atoms. The summed E-state index contributed by atoms with van der Waals surface area (Å²) in [5.74, 6) is -0.215. The second-order valence-corrected chi connectivity index (χ2v) is 3.54. The summed E-state index contributed by atoms with van der Waals surface area (Å²) >= 11 is 0. The summed E-state index contributed by atoms with van der Waals surface area (Å²) in [7, 11) is 0. The minimum absolute atomic E-state index is 0.215. The van der Waals surface area contributed by atoms with E-state index >= 15 is 0 Å². The van der Waals surface area contributed by atoms with Crippen LogP contribution in [-0.4, -0.2) is 12.9 Å². The molecule has 0 radical (unpaired) electrons. The number of benzene rings is 1. The Morgan fingerprint density at radius 3 is 2.35 bits per heavy atom. The van der Waals surface area contributed by atoms with E-state index in [1.165, 1.54) is 12.1 Å². The van der Waals surface area contributed by atoms with Crippen molar-refractivity contribution in [1.82, 2.24) is 0 Å². The molecule has 5 heteroatoms.